The van der Waals surface area contributed by atoms with Crippen LogP contribution >= 0.6 is 0 Å². The van der Waals surface area contributed by atoms with Crippen molar-refractivity contribution in [3.63, 3.8) is 0 Å². The molecule has 0 amide bonds. The molecule has 0 aromatic rings. The van der Waals surface area contributed by atoms with E-state index >= 15 is 0 Å². The highest BCUT2D eigenvalue weighted by Crippen LogP contribution is 2.38. The van der Waals surface area contributed by atoms with E-state index in [-0.39, 0.29) is 12.2 Å². The van der Waals surface area contributed by atoms with Crippen LogP contribution in [-0.2, 0) is 9.47 Å². The van der Waals surface area contributed by atoms with Gasteiger partial charge < -0.3 is 14.6 Å². The van der Waals surface area contributed by atoms with E-state index in [2.05, 4.69) is 6.92 Å². The highest BCUT2D eigenvalue weighted by atomic mass is 16.5. The van der Waals surface area contributed by atoms with Gasteiger partial charge in [-0.1, -0.05) is 6.92 Å². The van der Waals surface area contributed by atoms with Gasteiger partial charge in [-0.15, -0.1) is 0 Å². The first-order valence-electron chi connectivity index (χ1n) is 5.15. The fourth-order valence-electron chi connectivity index (χ4n) is 1.65. The second-order valence-corrected chi connectivity index (χ2v) is 3.57. The van der Waals surface area contributed by atoms with Gasteiger partial charge in [0.15, 0.2) is 0 Å². The maximum absolute atomic E-state index is 8.46. The van der Waals surface area contributed by atoms with E-state index in [1.54, 1.807) is 0 Å². The molecule has 0 saturated heterocycles. The van der Waals surface area contributed by atoms with Gasteiger partial charge in [0.2, 0.25) is 0 Å². The summed E-state index contributed by atoms with van der Waals surface area (Å²) in [6.45, 7) is 3.95. The predicted octanol–water partition coefficient (Wildman–Crippen LogP) is 1.34. The van der Waals surface area contributed by atoms with Crippen molar-refractivity contribution < 1.29 is 14.6 Å². The van der Waals surface area contributed by atoms with E-state index < -0.39 is 0 Å². The average molecular weight is 188 g/mol. The lowest BCUT2D eigenvalue weighted by Gasteiger charge is -2.41. The zero-order chi connectivity index (χ0) is 9.57. The molecule has 0 unspecified atom stereocenters. The Bertz CT molecular complexity index is 127. The van der Waals surface area contributed by atoms with Gasteiger partial charge in [0.1, 0.15) is 0 Å². The lowest BCUT2D eigenvalue weighted by atomic mass is 9.78. The largest absolute Gasteiger partial charge is 0.394 e. The molecule has 13 heavy (non-hydrogen) atoms. The van der Waals surface area contributed by atoms with Gasteiger partial charge in [0, 0.05) is 0 Å². The Morgan fingerprint density at radius 1 is 1.23 bits per heavy atom. The van der Waals surface area contributed by atoms with Crippen LogP contribution < -0.4 is 0 Å². The number of hydrogen-bond donors (Lipinski definition) is 1. The Morgan fingerprint density at radius 3 is 2.46 bits per heavy atom. The Kier molecular flexibility index (Phi) is 4.70. The number of ether oxygens (including phenoxy) is 2. The van der Waals surface area contributed by atoms with Gasteiger partial charge in [-0.05, 0) is 25.7 Å². The summed E-state index contributed by atoms with van der Waals surface area (Å²) in [4.78, 5) is 0. The van der Waals surface area contributed by atoms with Crippen molar-refractivity contribution in [3.05, 3.63) is 0 Å². The second kappa shape index (κ2) is 5.58. The second-order valence-electron chi connectivity index (χ2n) is 3.57. The monoisotopic (exact) mass is 188 g/mol. The minimum atomic E-state index is 0.0962. The van der Waals surface area contributed by atoms with Gasteiger partial charge in [-0.2, -0.15) is 0 Å². The van der Waals surface area contributed by atoms with Crippen LogP contribution in [0.1, 0.15) is 32.6 Å². The maximum Gasteiger partial charge on any atom is 0.0708 e. The number of rotatable bonds is 7. The van der Waals surface area contributed by atoms with Crippen LogP contribution in [0.15, 0.2) is 0 Å². The molecule has 78 valence electrons. The van der Waals surface area contributed by atoms with E-state index in [0.717, 1.165) is 6.42 Å². The highest BCUT2D eigenvalue weighted by Gasteiger charge is 2.35. The zero-order valence-corrected chi connectivity index (χ0v) is 8.42. The summed E-state index contributed by atoms with van der Waals surface area (Å²) in [5.74, 6) is 0. The molecule has 0 atom stereocenters. The van der Waals surface area contributed by atoms with Crippen molar-refractivity contribution in [1.29, 1.82) is 0 Å². The van der Waals surface area contributed by atoms with Crippen molar-refractivity contribution in [2.75, 3.05) is 26.4 Å². The van der Waals surface area contributed by atoms with E-state index in [1.807, 2.05) is 0 Å². The van der Waals surface area contributed by atoms with Crippen LogP contribution in [0.3, 0.4) is 0 Å². The summed E-state index contributed by atoms with van der Waals surface area (Å²) in [6.07, 6.45) is 4.80. The molecule has 0 bridgehead atoms. The molecule has 1 rings (SSSR count). The van der Waals surface area contributed by atoms with Crippen LogP contribution in [0.25, 0.3) is 0 Å². The smallest absolute Gasteiger partial charge is 0.0708 e. The molecule has 0 aromatic heterocycles. The Balaban J connectivity index is 1.98. The quantitative estimate of drug-likeness (QED) is 0.613. The van der Waals surface area contributed by atoms with Gasteiger partial charge >= 0.3 is 0 Å². The van der Waals surface area contributed by atoms with Gasteiger partial charge in [-0.25, -0.2) is 0 Å². The van der Waals surface area contributed by atoms with E-state index in [1.165, 1.54) is 19.3 Å². The summed E-state index contributed by atoms with van der Waals surface area (Å²) in [7, 11) is 0. The molecule has 1 N–H and O–H groups in total. The van der Waals surface area contributed by atoms with Crippen molar-refractivity contribution in [1.82, 2.24) is 0 Å². The first-order chi connectivity index (χ1) is 6.33. The van der Waals surface area contributed by atoms with Crippen LogP contribution in [0.2, 0.25) is 0 Å². The average Bonchev–Trinajstić information content (AvgIpc) is 2.09. The van der Waals surface area contributed by atoms with Crippen LogP contribution in [0, 0.1) is 0 Å². The third-order valence-corrected chi connectivity index (χ3v) is 2.78. The van der Waals surface area contributed by atoms with Crippen LogP contribution in [0.5, 0.6) is 0 Å². The van der Waals surface area contributed by atoms with Gasteiger partial charge in [0.05, 0.1) is 32.0 Å². The van der Waals surface area contributed by atoms with E-state index in [4.69, 9.17) is 14.6 Å². The molecular formula is C10H20O3. The molecule has 1 saturated carbocycles. The lowest BCUT2D eigenvalue weighted by molar-refractivity contribution is -0.116. The Morgan fingerprint density at radius 2 is 2.00 bits per heavy atom. The van der Waals surface area contributed by atoms with Crippen molar-refractivity contribution >= 4 is 0 Å². The summed E-state index contributed by atoms with van der Waals surface area (Å²) >= 11 is 0. The number of aliphatic hydroxyl groups is 1. The molecule has 1 aliphatic carbocycles. The zero-order valence-electron chi connectivity index (χ0n) is 8.42. The summed E-state index contributed by atoms with van der Waals surface area (Å²) in [5.41, 5.74) is 0.169. The van der Waals surface area contributed by atoms with Gasteiger partial charge in [-0.3, -0.25) is 0 Å². The standard InChI is InChI=1S/C10H20O3/c1-2-10(4-3-5-10)13-9-8-12-7-6-11/h11H,2-9H2,1H3. The highest BCUT2D eigenvalue weighted by molar-refractivity contribution is 4.88. The Hall–Kier alpha value is -0.120. The molecule has 0 spiro atoms. The fourth-order valence-corrected chi connectivity index (χ4v) is 1.65. The minimum absolute atomic E-state index is 0.0962. The predicted molar refractivity (Wildman–Crippen MR) is 50.7 cm³/mol. The molecular weight excluding hydrogens is 168 g/mol. The summed E-state index contributed by atoms with van der Waals surface area (Å²) < 4.78 is 10.9. The van der Waals surface area contributed by atoms with Crippen molar-refractivity contribution in [3.8, 4) is 0 Å². The molecule has 3 nitrogen and oxygen atoms in total. The molecule has 0 aromatic carbocycles. The first-order valence-corrected chi connectivity index (χ1v) is 5.15. The number of aliphatic hydroxyl groups excluding tert-OH is 1. The molecule has 0 heterocycles. The minimum Gasteiger partial charge on any atom is -0.394 e. The van der Waals surface area contributed by atoms with Crippen LogP contribution in [0.4, 0.5) is 0 Å². The molecule has 0 aliphatic heterocycles. The molecule has 1 fully saturated rings. The van der Waals surface area contributed by atoms with E-state index in [9.17, 15) is 0 Å². The van der Waals surface area contributed by atoms with E-state index in [0.29, 0.717) is 19.8 Å². The topological polar surface area (TPSA) is 38.7 Å². The SMILES string of the molecule is CCC1(OCCOCCO)CCC1. The summed E-state index contributed by atoms with van der Waals surface area (Å²) in [5, 5.41) is 8.46. The van der Waals surface area contributed by atoms with Crippen molar-refractivity contribution in [2.24, 2.45) is 0 Å². The maximum atomic E-state index is 8.46. The molecule has 3 heteroatoms. The third-order valence-electron chi connectivity index (χ3n) is 2.78. The lowest BCUT2D eigenvalue weighted by Crippen LogP contribution is -2.40. The molecule has 1 aliphatic rings. The molecule has 0 radical (unpaired) electrons. The number of hydrogen-bond acceptors (Lipinski definition) is 3. The Labute approximate surface area is 80.0 Å². The normalized spacial score (nSPS) is 19.8. The fraction of sp³-hybridized carbons (Fsp3) is 1.00. The van der Waals surface area contributed by atoms with Crippen LogP contribution in [-0.4, -0.2) is 37.1 Å². The first kappa shape index (κ1) is 11.0. The third kappa shape index (κ3) is 3.25. The van der Waals surface area contributed by atoms with Crippen molar-refractivity contribution in [2.45, 2.75) is 38.2 Å². The van der Waals surface area contributed by atoms with Gasteiger partial charge in [0.25, 0.3) is 0 Å². The summed E-state index contributed by atoms with van der Waals surface area (Å²) in [6, 6.07) is 0.